The fraction of sp³-hybridized carbons (Fsp3) is 0.333. The summed E-state index contributed by atoms with van der Waals surface area (Å²) in [4.78, 5) is 18.8. The summed E-state index contributed by atoms with van der Waals surface area (Å²) >= 11 is 3.48. The van der Waals surface area contributed by atoms with E-state index >= 15 is 0 Å². The predicted molar refractivity (Wildman–Crippen MR) is 153 cm³/mol. The number of carbonyl (C=O) groups is 1. The molecule has 3 aromatic rings. The zero-order valence-electron chi connectivity index (χ0n) is 22.3. The molecule has 0 aliphatic carbocycles. The van der Waals surface area contributed by atoms with E-state index in [2.05, 4.69) is 21.2 Å². The maximum atomic E-state index is 13.9. The second kappa shape index (κ2) is 13.0. The number of nitrogens with one attached hydrogen (secondary N) is 1. The van der Waals surface area contributed by atoms with Gasteiger partial charge in [-0.3, -0.25) is 4.79 Å². The van der Waals surface area contributed by atoms with Crippen molar-refractivity contribution in [1.82, 2.24) is 5.32 Å². The van der Waals surface area contributed by atoms with Crippen molar-refractivity contribution in [1.29, 1.82) is 0 Å². The molecular formula is C30H33BrN2O6. The second-order valence-electron chi connectivity index (χ2n) is 9.21. The number of rotatable bonds is 12. The standard InChI is InChI=1S/C30H33BrN2O6/c1-20-30(18-21-5-10-24(31)11-6-21,29(35)32-19-23-9-14-26(36-2)17-27(23)37-3)33-28(39-20)22-7-12-25(13-8-22)38-16-4-15-34/h5-14,17,20,34H,4,15-16,18-19H2,1-3H3,(H,32,35)/t20-,30-/m1/s1. The third-order valence-corrected chi connectivity index (χ3v) is 7.18. The van der Waals surface area contributed by atoms with Gasteiger partial charge in [0.05, 0.1) is 20.8 Å². The van der Waals surface area contributed by atoms with Gasteiger partial charge in [0.25, 0.3) is 5.91 Å². The molecule has 2 atom stereocenters. The van der Waals surface area contributed by atoms with Crippen LogP contribution in [0.15, 0.2) is 76.2 Å². The quantitative estimate of drug-likeness (QED) is 0.294. The normalized spacial score (nSPS) is 18.2. The van der Waals surface area contributed by atoms with Crippen molar-refractivity contribution >= 4 is 27.7 Å². The molecule has 0 unspecified atom stereocenters. The van der Waals surface area contributed by atoms with Crippen LogP contribution in [0.4, 0.5) is 0 Å². The molecule has 1 amide bonds. The molecule has 9 heteroatoms. The number of nitrogens with zero attached hydrogens (tertiary/aromatic N) is 1. The first-order valence-electron chi connectivity index (χ1n) is 12.7. The third kappa shape index (κ3) is 6.72. The first-order valence-corrected chi connectivity index (χ1v) is 13.5. The number of hydrogen-bond acceptors (Lipinski definition) is 7. The van der Waals surface area contributed by atoms with E-state index in [1.807, 2.05) is 67.6 Å². The lowest BCUT2D eigenvalue weighted by atomic mass is 9.86. The average Bonchev–Trinajstić information content (AvgIpc) is 3.29. The van der Waals surface area contributed by atoms with Gasteiger partial charge in [-0.1, -0.05) is 28.1 Å². The monoisotopic (exact) mass is 596 g/mol. The van der Waals surface area contributed by atoms with Crippen molar-refractivity contribution in [3.63, 3.8) is 0 Å². The van der Waals surface area contributed by atoms with Crippen LogP contribution in [0.1, 0.15) is 30.0 Å². The number of halogens is 1. The number of benzene rings is 3. The number of amides is 1. The minimum Gasteiger partial charge on any atom is -0.497 e. The van der Waals surface area contributed by atoms with E-state index in [-0.39, 0.29) is 19.1 Å². The summed E-state index contributed by atoms with van der Waals surface area (Å²) in [5.41, 5.74) is 1.35. The lowest BCUT2D eigenvalue weighted by Gasteiger charge is -2.28. The van der Waals surface area contributed by atoms with E-state index in [1.54, 1.807) is 20.3 Å². The van der Waals surface area contributed by atoms with E-state index in [9.17, 15) is 4.79 Å². The molecule has 4 rings (SSSR count). The number of aliphatic imine (C=N–C) groups is 1. The first-order chi connectivity index (χ1) is 18.9. The van der Waals surface area contributed by atoms with Crippen molar-refractivity contribution in [2.45, 2.75) is 38.0 Å². The van der Waals surface area contributed by atoms with E-state index < -0.39 is 11.6 Å². The zero-order chi connectivity index (χ0) is 27.8. The zero-order valence-corrected chi connectivity index (χ0v) is 23.9. The number of ether oxygens (including phenoxy) is 4. The Morgan fingerprint density at radius 1 is 1.05 bits per heavy atom. The van der Waals surface area contributed by atoms with Gasteiger partial charge in [-0.2, -0.15) is 0 Å². The highest BCUT2D eigenvalue weighted by atomic mass is 79.9. The van der Waals surface area contributed by atoms with Crippen LogP contribution in [0.2, 0.25) is 0 Å². The van der Waals surface area contributed by atoms with Crippen LogP contribution in [-0.2, 0) is 22.5 Å². The van der Waals surface area contributed by atoms with Gasteiger partial charge < -0.3 is 29.4 Å². The molecule has 1 heterocycles. The average molecular weight is 598 g/mol. The SMILES string of the molecule is COc1ccc(CNC(=O)[C@]2(Cc3ccc(Br)cc3)N=C(c3ccc(OCCCO)cc3)O[C@@H]2C)c(OC)c1. The molecule has 8 nitrogen and oxygen atoms in total. The molecule has 0 spiro atoms. The summed E-state index contributed by atoms with van der Waals surface area (Å²) < 4.78 is 23.6. The van der Waals surface area contributed by atoms with Crippen LogP contribution < -0.4 is 19.5 Å². The molecule has 0 radical (unpaired) electrons. The predicted octanol–water partition coefficient (Wildman–Crippen LogP) is 4.69. The van der Waals surface area contributed by atoms with Crippen molar-refractivity contribution in [2.75, 3.05) is 27.4 Å². The molecule has 0 saturated heterocycles. The summed E-state index contributed by atoms with van der Waals surface area (Å²) in [6.07, 6.45) is 0.402. The molecule has 0 bridgehead atoms. The molecule has 1 aliphatic rings. The highest BCUT2D eigenvalue weighted by molar-refractivity contribution is 9.10. The van der Waals surface area contributed by atoms with Gasteiger partial charge in [0.1, 0.15) is 23.4 Å². The Hall–Kier alpha value is -3.56. The molecule has 0 saturated carbocycles. The highest BCUT2D eigenvalue weighted by Crippen LogP contribution is 2.34. The molecular weight excluding hydrogens is 564 g/mol. The fourth-order valence-electron chi connectivity index (χ4n) is 4.38. The van der Waals surface area contributed by atoms with Crippen molar-refractivity contribution in [3.8, 4) is 17.2 Å². The molecule has 206 valence electrons. The van der Waals surface area contributed by atoms with Crippen molar-refractivity contribution in [3.05, 3.63) is 87.9 Å². The van der Waals surface area contributed by atoms with E-state index in [1.165, 1.54) is 0 Å². The molecule has 39 heavy (non-hydrogen) atoms. The van der Waals surface area contributed by atoms with E-state index in [0.29, 0.717) is 42.6 Å². The van der Waals surface area contributed by atoms with Crippen LogP contribution >= 0.6 is 15.9 Å². The van der Waals surface area contributed by atoms with E-state index in [0.717, 1.165) is 21.2 Å². The largest absolute Gasteiger partial charge is 0.497 e. The minimum absolute atomic E-state index is 0.0778. The number of aliphatic hydroxyl groups is 1. The Balaban J connectivity index is 1.61. The number of methoxy groups -OCH3 is 2. The highest BCUT2D eigenvalue weighted by Gasteiger charge is 2.50. The third-order valence-electron chi connectivity index (χ3n) is 6.65. The summed E-state index contributed by atoms with van der Waals surface area (Å²) in [7, 11) is 3.18. The molecule has 2 N–H and O–H groups in total. The van der Waals surface area contributed by atoms with Gasteiger partial charge in [0.2, 0.25) is 5.90 Å². The smallest absolute Gasteiger partial charge is 0.252 e. The van der Waals surface area contributed by atoms with Gasteiger partial charge in [0.15, 0.2) is 5.54 Å². The Morgan fingerprint density at radius 2 is 1.77 bits per heavy atom. The van der Waals surface area contributed by atoms with Crippen LogP contribution in [0.3, 0.4) is 0 Å². The van der Waals surface area contributed by atoms with Gasteiger partial charge in [-0.05, 0) is 61.0 Å². The first kappa shape index (κ1) is 28.4. The Morgan fingerprint density at radius 3 is 2.44 bits per heavy atom. The fourth-order valence-corrected chi connectivity index (χ4v) is 4.65. The van der Waals surface area contributed by atoms with Gasteiger partial charge >= 0.3 is 0 Å². The Labute approximate surface area is 237 Å². The number of aliphatic hydroxyl groups excluding tert-OH is 1. The number of hydrogen-bond donors (Lipinski definition) is 2. The topological polar surface area (TPSA) is 98.6 Å². The maximum absolute atomic E-state index is 13.9. The number of carbonyl (C=O) groups excluding carboxylic acids is 1. The molecule has 1 aliphatic heterocycles. The van der Waals surface area contributed by atoms with Crippen molar-refractivity contribution < 1.29 is 28.8 Å². The van der Waals surface area contributed by atoms with Crippen molar-refractivity contribution in [2.24, 2.45) is 4.99 Å². The van der Waals surface area contributed by atoms with Crippen LogP contribution in [0, 0.1) is 0 Å². The Kier molecular flexibility index (Phi) is 9.48. The van der Waals surface area contributed by atoms with Crippen LogP contribution in [-0.4, -0.2) is 56.0 Å². The van der Waals surface area contributed by atoms with Crippen LogP contribution in [0.25, 0.3) is 0 Å². The molecule has 0 aromatic heterocycles. The summed E-state index contributed by atoms with van der Waals surface area (Å²) in [5.74, 6) is 2.14. The Bertz CT molecular complexity index is 1300. The van der Waals surface area contributed by atoms with E-state index in [4.69, 9.17) is 29.0 Å². The lowest BCUT2D eigenvalue weighted by molar-refractivity contribution is -0.128. The minimum atomic E-state index is -1.18. The maximum Gasteiger partial charge on any atom is 0.252 e. The second-order valence-corrected chi connectivity index (χ2v) is 10.1. The van der Waals surface area contributed by atoms with Gasteiger partial charge in [0, 0.05) is 47.7 Å². The van der Waals surface area contributed by atoms with Gasteiger partial charge in [-0.15, -0.1) is 0 Å². The van der Waals surface area contributed by atoms with Gasteiger partial charge in [-0.25, -0.2) is 4.99 Å². The lowest BCUT2D eigenvalue weighted by Crippen LogP contribution is -2.52. The molecule has 3 aromatic carbocycles. The molecule has 0 fully saturated rings. The van der Waals surface area contributed by atoms with Crippen LogP contribution in [0.5, 0.6) is 17.2 Å². The summed E-state index contributed by atoms with van der Waals surface area (Å²) in [6.45, 7) is 2.63. The summed E-state index contributed by atoms with van der Waals surface area (Å²) in [5, 5.41) is 12.0. The summed E-state index contributed by atoms with van der Waals surface area (Å²) in [6, 6.07) is 20.7.